The van der Waals surface area contributed by atoms with Gasteiger partial charge in [-0.05, 0) is 200 Å². The molecule has 478 valence electrons. The highest BCUT2D eigenvalue weighted by Crippen LogP contribution is 2.52. The molecule has 2 aliphatic heterocycles. The van der Waals surface area contributed by atoms with Gasteiger partial charge in [0.1, 0.15) is 0 Å². The zero-order chi connectivity index (χ0) is 66.9. The Labute approximate surface area is 556 Å². The number of esters is 2. The molecule has 12 heteroatoms. The molecule has 0 radical (unpaired) electrons. The Morgan fingerprint density at radius 2 is 0.468 bits per heavy atom. The quantitative estimate of drug-likeness (QED) is 0.0682. The average molecular weight is 1250 g/mol. The number of carbonyl (C=O) groups excluding carboxylic acids is 2. The van der Waals surface area contributed by atoms with Gasteiger partial charge in [0.25, 0.3) is 0 Å². The first kappa shape index (κ1) is 64.8. The summed E-state index contributed by atoms with van der Waals surface area (Å²) in [4.78, 5) is 48.0. The van der Waals surface area contributed by atoms with Crippen molar-refractivity contribution in [1.29, 1.82) is 0 Å². The minimum atomic E-state index is -1.66. The summed E-state index contributed by atoms with van der Waals surface area (Å²) in [5.74, 6) is -1.16. The molecule has 2 aliphatic rings. The average Bonchev–Trinajstić information content (AvgIpc) is 1.54. The second-order valence-corrected chi connectivity index (χ2v) is 26.1. The standard InChI is InChI=1S/C82H86N8O4/c1-83(2)63-34-20-55(21-35-63)73(56-22-36-64(37-23-56)84(3)4)51-81(52-74(57-24-38-65(39-25-57)85(5)6)58-26-40-66(41-27-58)86(7)8)77-50-78-72(49-71(77)79(91)93-81)80(92)94-82(78,53-75(59-28-42-67(43-29-59)87(9)10)60-30-44-68(45-31-60)88(11)12)54-76(61-32-46-69(47-33-61)89(13)14)62-18-17-19-70(48-62)90(15)16/h17-54H,1-16H3/b76-54-. The summed E-state index contributed by atoms with van der Waals surface area (Å²) in [6, 6.07) is 71.5. The highest BCUT2D eigenvalue weighted by Gasteiger charge is 2.50. The number of hydrogen-bond donors (Lipinski definition) is 0. The fraction of sp³-hybridized carbons (Fsp3) is 0.220. The van der Waals surface area contributed by atoms with Gasteiger partial charge in [0.2, 0.25) is 0 Å². The van der Waals surface area contributed by atoms with Crippen molar-refractivity contribution in [2.45, 2.75) is 11.2 Å². The Morgan fingerprint density at radius 3 is 0.681 bits per heavy atom. The summed E-state index contributed by atoms with van der Waals surface area (Å²) in [7, 11) is 32.5. The van der Waals surface area contributed by atoms with Crippen LogP contribution in [0.3, 0.4) is 0 Å². The summed E-state index contributed by atoms with van der Waals surface area (Å²) in [6.07, 6.45) is 8.45. The van der Waals surface area contributed by atoms with Crippen LogP contribution in [0.25, 0.3) is 22.3 Å². The van der Waals surface area contributed by atoms with E-state index in [1.165, 1.54) is 0 Å². The molecule has 0 amide bonds. The van der Waals surface area contributed by atoms with Crippen molar-refractivity contribution in [3.05, 3.63) is 297 Å². The number of fused-ring (bicyclic) bond motifs is 2. The van der Waals surface area contributed by atoms with Crippen LogP contribution in [-0.2, 0) is 20.7 Å². The van der Waals surface area contributed by atoms with Crippen molar-refractivity contribution >= 4 is 79.7 Å². The highest BCUT2D eigenvalue weighted by molar-refractivity contribution is 6.04. The van der Waals surface area contributed by atoms with Gasteiger partial charge in [-0.2, -0.15) is 0 Å². The molecular formula is C82H86N8O4. The number of rotatable bonds is 20. The lowest BCUT2D eigenvalue weighted by Crippen LogP contribution is -2.25. The van der Waals surface area contributed by atoms with E-state index in [1.807, 2.05) is 119 Å². The van der Waals surface area contributed by atoms with Crippen LogP contribution in [0, 0.1) is 0 Å². The van der Waals surface area contributed by atoms with E-state index in [1.54, 1.807) is 6.07 Å². The molecule has 0 N–H and O–H groups in total. The number of benzene rings is 9. The van der Waals surface area contributed by atoms with Crippen LogP contribution in [0.4, 0.5) is 45.5 Å². The first-order chi connectivity index (χ1) is 44.9. The fourth-order valence-electron chi connectivity index (χ4n) is 12.3. The second-order valence-electron chi connectivity index (χ2n) is 26.1. The lowest BCUT2D eigenvalue weighted by molar-refractivity contribution is 0.0294. The van der Waals surface area contributed by atoms with Crippen molar-refractivity contribution in [2.75, 3.05) is 152 Å². The zero-order valence-electron chi connectivity index (χ0n) is 57.2. The van der Waals surface area contributed by atoms with Gasteiger partial charge < -0.3 is 48.7 Å². The van der Waals surface area contributed by atoms with Crippen LogP contribution in [0.2, 0.25) is 0 Å². The van der Waals surface area contributed by atoms with E-state index in [4.69, 9.17) is 9.47 Å². The molecule has 1 unspecified atom stereocenters. The number of nitrogens with zero attached hydrogens (tertiary/aromatic N) is 8. The first-order valence-electron chi connectivity index (χ1n) is 31.7. The number of hydrogen-bond acceptors (Lipinski definition) is 12. The van der Waals surface area contributed by atoms with E-state index in [0.29, 0.717) is 11.1 Å². The largest absolute Gasteiger partial charge is 0.442 e. The lowest BCUT2D eigenvalue weighted by atomic mass is 9.78. The van der Waals surface area contributed by atoms with Gasteiger partial charge in [0, 0.05) is 169 Å². The van der Waals surface area contributed by atoms with Gasteiger partial charge in [-0.3, -0.25) is 0 Å². The molecule has 0 aromatic heterocycles. The summed E-state index contributed by atoms with van der Waals surface area (Å²) in [5.41, 5.74) is 17.0. The first-order valence-corrected chi connectivity index (χ1v) is 31.7. The SMILES string of the molecule is CN(C)c1ccc(C(=CC2(C=C(c3ccc(N(C)C)cc3)c3ccc(N(C)C)cc3)OC(=O)c3cc4c(cc32)C(C=C(c2ccc(N(C)C)cc2)c2ccc(N(C)C)cc2)(/C=C(/c2ccc(N(C)C)cc2)c2cccc(N(C)C)c2)OC4=O)c2ccc(N(C)C)cc2)cc1. The molecule has 9 aromatic rings. The van der Waals surface area contributed by atoms with Crippen molar-refractivity contribution in [1.82, 2.24) is 0 Å². The number of carbonyl (C=O) groups is 2. The van der Waals surface area contributed by atoms with Gasteiger partial charge >= 0.3 is 11.9 Å². The third-order valence-electron chi connectivity index (χ3n) is 17.9. The second kappa shape index (κ2) is 26.5. The van der Waals surface area contributed by atoms with Crippen LogP contribution in [0.15, 0.2) is 231 Å². The van der Waals surface area contributed by atoms with Crippen LogP contribution in [0.1, 0.15) is 76.4 Å². The van der Waals surface area contributed by atoms with Crippen LogP contribution < -0.4 is 39.2 Å². The minimum Gasteiger partial charge on any atom is -0.442 e. The molecule has 0 bridgehead atoms. The van der Waals surface area contributed by atoms with Crippen LogP contribution in [-0.4, -0.2) is 125 Å². The normalized spacial score (nSPS) is 14.4. The Morgan fingerprint density at radius 1 is 0.255 bits per heavy atom. The topological polar surface area (TPSA) is 78.5 Å². The predicted octanol–water partition coefficient (Wildman–Crippen LogP) is 15.5. The summed E-state index contributed by atoms with van der Waals surface area (Å²) < 4.78 is 14.5. The van der Waals surface area contributed by atoms with Crippen molar-refractivity contribution in [3.63, 3.8) is 0 Å². The monoisotopic (exact) mass is 1250 g/mol. The van der Waals surface area contributed by atoms with E-state index in [9.17, 15) is 0 Å². The third kappa shape index (κ3) is 13.2. The molecular weight excluding hydrogens is 1160 g/mol. The molecule has 12 nitrogen and oxygen atoms in total. The van der Waals surface area contributed by atoms with Gasteiger partial charge in [0.15, 0.2) is 11.2 Å². The maximum atomic E-state index is 15.7. The Hall–Kier alpha value is -10.7. The molecule has 94 heavy (non-hydrogen) atoms. The number of ether oxygens (including phenoxy) is 2. The van der Waals surface area contributed by atoms with Crippen LogP contribution in [0.5, 0.6) is 0 Å². The van der Waals surface area contributed by atoms with E-state index in [-0.39, 0.29) is 11.1 Å². The summed E-state index contributed by atoms with van der Waals surface area (Å²) >= 11 is 0. The van der Waals surface area contributed by atoms with E-state index in [2.05, 4.69) is 258 Å². The zero-order valence-corrected chi connectivity index (χ0v) is 57.2. The van der Waals surface area contributed by atoms with Gasteiger partial charge in [-0.25, -0.2) is 9.59 Å². The summed E-state index contributed by atoms with van der Waals surface area (Å²) in [5, 5.41) is 0. The van der Waals surface area contributed by atoms with E-state index >= 15 is 9.59 Å². The predicted molar refractivity (Wildman–Crippen MR) is 395 cm³/mol. The Bertz CT molecular complexity index is 4090. The van der Waals surface area contributed by atoms with E-state index < -0.39 is 23.1 Å². The maximum absolute atomic E-state index is 15.7. The van der Waals surface area contributed by atoms with Gasteiger partial charge in [-0.1, -0.05) is 97.1 Å². The number of cyclic esters (lactones) is 2. The molecule has 0 aliphatic carbocycles. The molecule has 2 heterocycles. The third-order valence-corrected chi connectivity index (χ3v) is 17.9. The Kier molecular flexibility index (Phi) is 18.3. The van der Waals surface area contributed by atoms with Crippen LogP contribution >= 0.6 is 0 Å². The Balaban J connectivity index is 1.30. The lowest BCUT2D eigenvalue weighted by Gasteiger charge is -2.29. The molecule has 0 fully saturated rings. The molecule has 0 spiro atoms. The molecule has 11 rings (SSSR count). The van der Waals surface area contributed by atoms with E-state index in [0.717, 1.165) is 112 Å². The molecule has 1 atom stereocenters. The molecule has 9 aromatic carbocycles. The highest BCUT2D eigenvalue weighted by atomic mass is 16.6. The molecule has 0 saturated heterocycles. The fourth-order valence-corrected chi connectivity index (χ4v) is 12.3. The molecule has 0 saturated carbocycles. The minimum absolute atomic E-state index is 0.249. The van der Waals surface area contributed by atoms with Gasteiger partial charge in [0.05, 0.1) is 11.1 Å². The summed E-state index contributed by atoms with van der Waals surface area (Å²) in [6.45, 7) is 0. The smallest absolute Gasteiger partial charge is 0.340 e. The van der Waals surface area contributed by atoms with Crippen molar-refractivity contribution in [2.24, 2.45) is 0 Å². The van der Waals surface area contributed by atoms with Crippen molar-refractivity contribution in [3.8, 4) is 0 Å². The van der Waals surface area contributed by atoms with Crippen molar-refractivity contribution < 1.29 is 19.1 Å². The number of anilines is 8. The maximum Gasteiger partial charge on any atom is 0.340 e. The van der Waals surface area contributed by atoms with Gasteiger partial charge in [-0.15, -0.1) is 0 Å².